The van der Waals surface area contributed by atoms with Crippen LogP contribution in [0.4, 0.5) is 18.9 Å². The largest absolute Gasteiger partial charge is 0.433 e. The normalized spacial score (nSPS) is 38.5. The van der Waals surface area contributed by atoms with Gasteiger partial charge < -0.3 is 10.2 Å². The van der Waals surface area contributed by atoms with E-state index in [9.17, 15) is 22.8 Å². The number of hydrogen-bond donors (Lipinski definition) is 1. The van der Waals surface area contributed by atoms with E-state index in [4.69, 9.17) is 0 Å². The molecule has 2 heterocycles. The fourth-order valence-corrected chi connectivity index (χ4v) is 8.25. The van der Waals surface area contributed by atoms with Crippen molar-refractivity contribution in [2.75, 3.05) is 12.4 Å². The molecule has 0 bridgehead atoms. The minimum Gasteiger partial charge on any atom is -0.338 e. The molecule has 0 aromatic carbocycles. The van der Waals surface area contributed by atoms with Crippen LogP contribution in [0.15, 0.2) is 30.5 Å². The quantitative estimate of drug-likeness (QED) is 0.594. The Bertz CT molecular complexity index is 1040. The molecule has 1 aliphatic heterocycles. The number of nitrogens with zero attached hydrogens (tertiary/aromatic N) is 2. The van der Waals surface area contributed by atoms with E-state index in [1.807, 2.05) is 11.9 Å². The van der Waals surface area contributed by atoms with E-state index in [0.717, 1.165) is 50.8 Å². The Morgan fingerprint density at radius 2 is 1.91 bits per heavy atom. The molecule has 4 aliphatic rings. The van der Waals surface area contributed by atoms with Gasteiger partial charge in [-0.1, -0.05) is 19.9 Å². The van der Waals surface area contributed by atoms with Crippen LogP contribution in [0.3, 0.4) is 0 Å². The van der Waals surface area contributed by atoms with E-state index in [1.165, 1.54) is 6.07 Å². The molecule has 190 valence electrons. The second-order valence-corrected chi connectivity index (χ2v) is 11.6. The third-order valence-electron chi connectivity index (χ3n) is 10.1. The summed E-state index contributed by atoms with van der Waals surface area (Å²) in [6.45, 7) is 4.67. The van der Waals surface area contributed by atoms with Crippen molar-refractivity contribution >= 4 is 17.5 Å². The number of rotatable bonds is 3. The number of hydrogen-bond acceptors (Lipinski definition) is 3. The molecule has 1 aromatic heterocycles. The lowest BCUT2D eigenvalue weighted by molar-refractivity contribution is -0.141. The number of nitrogens with one attached hydrogen (secondary N) is 1. The molecular formula is C27H34F3N3O2. The summed E-state index contributed by atoms with van der Waals surface area (Å²) in [4.78, 5) is 30.5. The summed E-state index contributed by atoms with van der Waals surface area (Å²) in [5, 5.41) is 2.75. The van der Waals surface area contributed by atoms with Gasteiger partial charge in [-0.25, -0.2) is 4.98 Å². The maximum atomic E-state index is 12.8. The highest BCUT2D eigenvalue weighted by molar-refractivity contribution is 5.90. The van der Waals surface area contributed by atoms with Crippen molar-refractivity contribution in [2.45, 2.75) is 71.0 Å². The van der Waals surface area contributed by atoms with Gasteiger partial charge in [0.1, 0.15) is 5.69 Å². The third kappa shape index (κ3) is 3.97. The zero-order valence-electron chi connectivity index (χ0n) is 20.6. The number of alkyl halides is 3. The maximum absolute atomic E-state index is 12.8. The smallest absolute Gasteiger partial charge is 0.338 e. The molecule has 3 saturated carbocycles. The number of likely N-dealkylation sites (N-methyl/N-ethyl adjacent to an activating group) is 1. The summed E-state index contributed by atoms with van der Waals surface area (Å²) >= 11 is 0. The first-order valence-electron chi connectivity index (χ1n) is 12.7. The van der Waals surface area contributed by atoms with Crippen molar-refractivity contribution in [3.8, 4) is 0 Å². The second kappa shape index (κ2) is 8.34. The van der Waals surface area contributed by atoms with E-state index >= 15 is 0 Å². The Balaban J connectivity index is 1.27. The van der Waals surface area contributed by atoms with Gasteiger partial charge in [0.25, 0.3) is 0 Å². The highest BCUT2D eigenvalue weighted by Gasteiger charge is 2.60. The molecule has 7 atom stereocenters. The molecule has 3 aliphatic carbocycles. The number of carbonyl (C=O) groups is 2. The van der Waals surface area contributed by atoms with Crippen LogP contribution in [0.5, 0.6) is 0 Å². The summed E-state index contributed by atoms with van der Waals surface area (Å²) in [5.41, 5.74) is -0.594. The van der Waals surface area contributed by atoms with Crippen molar-refractivity contribution in [3.05, 3.63) is 36.2 Å². The number of anilines is 1. The van der Waals surface area contributed by atoms with Crippen molar-refractivity contribution in [2.24, 2.45) is 34.5 Å². The Morgan fingerprint density at radius 1 is 1.14 bits per heavy atom. The lowest BCUT2D eigenvalue weighted by Crippen LogP contribution is -2.59. The monoisotopic (exact) mass is 489 g/mol. The van der Waals surface area contributed by atoms with Crippen molar-refractivity contribution in [1.29, 1.82) is 0 Å². The van der Waals surface area contributed by atoms with E-state index in [1.54, 1.807) is 6.08 Å². The summed E-state index contributed by atoms with van der Waals surface area (Å²) in [6, 6.07) is 2.41. The molecule has 0 spiro atoms. The number of fused-ring (bicyclic) bond motifs is 5. The van der Waals surface area contributed by atoms with Gasteiger partial charge in [-0.15, -0.1) is 0 Å². The van der Waals surface area contributed by atoms with E-state index in [2.05, 4.69) is 30.2 Å². The van der Waals surface area contributed by atoms with Gasteiger partial charge in [0.15, 0.2) is 0 Å². The predicted octanol–water partition coefficient (Wildman–Crippen LogP) is 5.68. The van der Waals surface area contributed by atoms with Crippen LogP contribution in [0.2, 0.25) is 0 Å². The third-order valence-corrected chi connectivity index (χ3v) is 10.1. The molecule has 0 radical (unpaired) electrons. The summed E-state index contributed by atoms with van der Waals surface area (Å²) < 4.78 is 38.3. The maximum Gasteiger partial charge on any atom is 0.433 e. The van der Waals surface area contributed by atoms with Gasteiger partial charge >= 0.3 is 6.18 Å². The standard InChI is InChI=1S/C27H34F3N3O2/c1-25-12-10-20-18(6-9-22-26(20,2)13-11-24(35)33(22)3)19(25)7-4-16(25)14-23(34)32-17-5-8-21(31-15-17)27(28,29)30/h5,8,11,13,15-16,18-20,22H,4,6-7,9-10,12,14H2,1-3H3,(H,32,34)/t16-,18?,19+,20?,22-,25-,26-/m1/s1. The minimum atomic E-state index is -4.50. The molecule has 8 heteroatoms. The molecule has 2 unspecified atom stereocenters. The van der Waals surface area contributed by atoms with Crippen molar-refractivity contribution in [3.63, 3.8) is 0 Å². The zero-order valence-corrected chi connectivity index (χ0v) is 20.6. The number of carbonyl (C=O) groups excluding carboxylic acids is 2. The topological polar surface area (TPSA) is 62.3 Å². The van der Waals surface area contributed by atoms with Crippen LogP contribution in [0.1, 0.15) is 64.5 Å². The molecule has 35 heavy (non-hydrogen) atoms. The Kier molecular flexibility index (Phi) is 5.80. The number of pyridine rings is 1. The fraction of sp³-hybridized carbons (Fsp3) is 0.667. The molecule has 5 nitrogen and oxygen atoms in total. The highest BCUT2D eigenvalue weighted by atomic mass is 19.4. The predicted molar refractivity (Wildman–Crippen MR) is 126 cm³/mol. The molecule has 1 N–H and O–H groups in total. The Labute approximate surface area is 204 Å². The first-order valence-corrected chi connectivity index (χ1v) is 12.7. The number of amides is 2. The van der Waals surface area contributed by atoms with Crippen LogP contribution in [-0.4, -0.2) is 34.8 Å². The lowest BCUT2D eigenvalue weighted by Gasteiger charge is -2.60. The molecule has 3 fully saturated rings. The van der Waals surface area contributed by atoms with Crippen LogP contribution in [-0.2, 0) is 15.8 Å². The molecular weight excluding hydrogens is 455 g/mol. The molecule has 1 aromatic rings. The first kappa shape index (κ1) is 24.3. The van der Waals surface area contributed by atoms with Gasteiger partial charge in [-0.3, -0.25) is 9.59 Å². The van der Waals surface area contributed by atoms with Crippen LogP contribution in [0.25, 0.3) is 0 Å². The van der Waals surface area contributed by atoms with Crippen molar-refractivity contribution in [1.82, 2.24) is 9.88 Å². The number of halogens is 3. The van der Waals surface area contributed by atoms with Gasteiger partial charge in [-0.2, -0.15) is 13.2 Å². The van der Waals surface area contributed by atoms with Gasteiger partial charge in [0.05, 0.1) is 11.9 Å². The van der Waals surface area contributed by atoms with Gasteiger partial charge in [0.2, 0.25) is 11.8 Å². The number of aromatic nitrogens is 1. The second-order valence-electron chi connectivity index (χ2n) is 11.6. The molecule has 0 saturated heterocycles. The Morgan fingerprint density at radius 3 is 2.60 bits per heavy atom. The SMILES string of the molecule is CN1C(=O)C=C[C@]2(C)C3CC[C@]4(C)[C@@H](CC(=O)Nc5ccc(C(F)(F)F)nc5)CC[C@H]4C3CC[C@@H]12. The summed E-state index contributed by atoms with van der Waals surface area (Å²) in [6.07, 6.45) is 7.28. The average Bonchev–Trinajstić information content (AvgIpc) is 3.12. The molecule has 2 amide bonds. The van der Waals surface area contributed by atoms with Gasteiger partial charge in [0, 0.05) is 24.9 Å². The van der Waals surface area contributed by atoms with E-state index in [0.29, 0.717) is 29.9 Å². The Hall–Kier alpha value is -2.38. The summed E-state index contributed by atoms with van der Waals surface area (Å²) in [7, 11) is 1.93. The van der Waals surface area contributed by atoms with E-state index in [-0.39, 0.29) is 34.6 Å². The van der Waals surface area contributed by atoms with Gasteiger partial charge in [-0.05, 0) is 85.8 Å². The molecule has 5 rings (SSSR count). The van der Waals surface area contributed by atoms with Crippen LogP contribution < -0.4 is 5.32 Å². The van der Waals surface area contributed by atoms with Crippen molar-refractivity contribution < 1.29 is 22.8 Å². The first-order chi connectivity index (χ1) is 16.4. The average molecular weight is 490 g/mol. The van der Waals surface area contributed by atoms with E-state index < -0.39 is 11.9 Å². The summed E-state index contributed by atoms with van der Waals surface area (Å²) in [5.74, 6) is 1.88. The lowest BCUT2D eigenvalue weighted by atomic mass is 9.47. The fourth-order valence-electron chi connectivity index (χ4n) is 8.25. The van der Waals surface area contributed by atoms with Crippen LogP contribution >= 0.6 is 0 Å². The zero-order chi connectivity index (χ0) is 25.2. The van der Waals surface area contributed by atoms with Crippen LogP contribution in [0, 0.1) is 34.5 Å². The highest BCUT2D eigenvalue weighted by Crippen LogP contribution is 2.66. The minimum absolute atomic E-state index is 0.00204.